The molecule has 28 heavy (non-hydrogen) atoms. The SMILES string of the molecule is Cc1cnc(N2CCC(NC3CCCCC3)C(CO)C2)c(C2=NCC=CN2)c1. The minimum absolute atomic E-state index is 0.212. The van der Waals surface area contributed by atoms with Gasteiger partial charge in [0, 0.05) is 50.1 Å². The van der Waals surface area contributed by atoms with E-state index in [1.165, 1.54) is 32.1 Å². The van der Waals surface area contributed by atoms with Gasteiger partial charge < -0.3 is 20.6 Å². The Morgan fingerprint density at radius 3 is 2.86 bits per heavy atom. The topological polar surface area (TPSA) is 72.8 Å². The van der Waals surface area contributed by atoms with Crippen molar-refractivity contribution in [3.05, 3.63) is 35.7 Å². The van der Waals surface area contributed by atoms with Crippen LogP contribution in [0.4, 0.5) is 5.82 Å². The second-order valence-electron chi connectivity index (χ2n) is 8.41. The molecule has 0 bridgehead atoms. The normalized spacial score (nSPS) is 26.1. The molecule has 0 aromatic carbocycles. The van der Waals surface area contributed by atoms with Crippen molar-refractivity contribution in [3.63, 3.8) is 0 Å². The van der Waals surface area contributed by atoms with E-state index in [1.54, 1.807) is 0 Å². The first-order chi connectivity index (χ1) is 13.7. The zero-order valence-electron chi connectivity index (χ0n) is 16.9. The molecule has 3 heterocycles. The van der Waals surface area contributed by atoms with Gasteiger partial charge in [-0.15, -0.1) is 0 Å². The lowest BCUT2D eigenvalue weighted by atomic mass is 9.89. The zero-order valence-corrected chi connectivity index (χ0v) is 16.9. The van der Waals surface area contributed by atoms with Crippen LogP contribution in [-0.4, -0.2) is 54.3 Å². The predicted octanol–water partition coefficient (Wildman–Crippen LogP) is 2.36. The van der Waals surface area contributed by atoms with Crippen LogP contribution in [0.15, 0.2) is 29.5 Å². The zero-order chi connectivity index (χ0) is 19.3. The molecule has 152 valence electrons. The van der Waals surface area contributed by atoms with Crippen molar-refractivity contribution >= 4 is 11.7 Å². The van der Waals surface area contributed by atoms with Gasteiger partial charge in [-0.1, -0.05) is 19.3 Å². The minimum Gasteiger partial charge on any atom is -0.396 e. The highest BCUT2D eigenvalue weighted by molar-refractivity contribution is 6.04. The molecular weight excluding hydrogens is 350 g/mol. The second kappa shape index (κ2) is 9.05. The maximum absolute atomic E-state index is 10.1. The van der Waals surface area contributed by atoms with Crippen LogP contribution in [0, 0.1) is 12.8 Å². The summed E-state index contributed by atoms with van der Waals surface area (Å²) in [6, 6.07) is 3.18. The molecule has 2 aliphatic heterocycles. The summed E-state index contributed by atoms with van der Waals surface area (Å²) < 4.78 is 0. The van der Waals surface area contributed by atoms with E-state index in [-0.39, 0.29) is 12.5 Å². The highest BCUT2D eigenvalue weighted by Crippen LogP contribution is 2.27. The van der Waals surface area contributed by atoms with Gasteiger partial charge in [-0.25, -0.2) is 4.98 Å². The maximum Gasteiger partial charge on any atom is 0.139 e. The van der Waals surface area contributed by atoms with Gasteiger partial charge in [0.15, 0.2) is 0 Å². The lowest BCUT2D eigenvalue weighted by Crippen LogP contribution is -2.54. The lowest BCUT2D eigenvalue weighted by molar-refractivity contribution is 0.160. The number of amidine groups is 1. The molecule has 0 spiro atoms. The number of anilines is 1. The molecule has 2 unspecified atom stereocenters. The Bertz CT molecular complexity index is 726. The summed E-state index contributed by atoms with van der Waals surface area (Å²) in [5, 5.41) is 17.2. The second-order valence-corrected chi connectivity index (χ2v) is 8.41. The molecule has 2 atom stereocenters. The smallest absolute Gasteiger partial charge is 0.139 e. The first-order valence-corrected chi connectivity index (χ1v) is 10.8. The first-order valence-electron chi connectivity index (χ1n) is 10.8. The summed E-state index contributed by atoms with van der Waals surface area (Å²) in [6.07, 6.45) is 13.5. The number of hydrogen-bond donors (Lipinski definition) is 3. The van der Waals surface area contributed by atoms with Crippen LogP contribution in [0.1, 0.15) is 49.7 Å². The molecule has 1 aromatic rings. The van der Waals surface area contributed by atoms with Crippen LogP contribution in [0.2, 0.25) is 0 Å². The molecule has 3 N–H and O–H groups in total. The number of aliphatic hydroxyl groups excluding tert-OH is 1. The molecular formula is C22H33N5O. The van der Waals surface area contributed by atoms with Crippen LogP contribution < -0.4 is 15.5 Å². The van der Waals surface area contributed by atoms with E-state index in [2.05, 4.69) is 33.5 Å². The summed E-state index contributed by atoms with van der Waals surface area (Å²) in [7, 11) is 0. The molecule has 1 aliphatic carbocycles. The van der Waals surface area contributed by atoms with Gasteiger partial charge >= 0.3 is 0 Å². The number of nitrogens with one attached hydrogen (secondary N) is 2. The number of pyridine rings is 1. The molecule has 2 fully saturated rings. The average molecular weight is 384 g/mol. The molecule has 6 heteroatoms. The van der Waals surface area contributed by atoms with E-state index in [4.69, 9.17) is 4.98 Å². The van der Waals surface area contributed by atoms with Crippen molar-refractivity contribution < 1.29 is 5.11 Å². The van der Waals surface area contributed by atoms with E-state index in [1.807, 2.05) is 18.5 Å². The average Bonchev–Trinajstić information content (AvgIpc) is 2.75. The summed E-state index contributed by atoms with van der Waals surface area (Å²) >= 11 is 0. The number of rotatable bonds is 5. The summed E-state index contributed by atoms with van der Waals surface area (Å²) in [4.78, 5) is 11.7. The monoisotopic (exact) mass is 383 g/mol. The van der Waals surface area contributed by atoms with Crippen molar-refractivity contribution in [2.75, 3.05) is 31.1 Å². The van der Waals surface area contributed by atoms with Crippen molar-refractivity contribution in [1.82, 2.24) is 15.6 Å². The summed E-state index contributed by atoms with van der Waals surface area (Å²) in [6.45, 7) is 4.75. The van der Waals surface area contributed by atoms with Crippen molar-refractivity contribution in [2.45, 2.75) is 57.5 Å². The fourth-order valence-electron chi connectivity index (χ4n) is 4.73. The number of aromatic nitrogens is 1. The van der Waals surface area contributed by atoms with Gasteiger partial charge in [-0.05, 0) is 43.9 Å². The molecule has 4 rings (SSSR count). The Kier molecular flexibility index (Phi) is 6.27. The summed E-state index contributed by atoms with van der Waals surface area (Å²) in [5.41, 5.74) is 2.19. The number of hydrogen-bond acceptors (Lipinski definition) is 6. The molecule has 1 aromatic heterocycles. The van der Waals surface area contributed by atoms with Crippen LogP contribution in [0.25, 0.3) is 0 Å². The molecule has 0 radical (unpaired) electrons. The quantitative estimate of drug-likeness (QED) is 0.728. The van der Waals surface area contributed by atoms with Crippen LogP contribution in [0.5, 0.6) is 0 Å². The molecule has 1 saturated heterocycles. The van der Waals surface area contributed by atoms with E-state index < -0.39 is 0 Å². The molecule has 1 saturated carbocycles. The number of aryl methyl sites for hydroxylation is 1. The largest absolute Gasteiger partial charge is 0.396 e. The first kappa shape index (κ1) is 19.4. The highest BCUT2D eigenvalue weighted by atomic mass is 16.3. The van der Waals surface area contributed by atoms with Gasteiger partial charge in [-0.3, -0.25) is 4.99 Å². The van der Waals surface area contributed by atoms with Crippen molar-refractivity contribution in [1.29, 1.82) is 0 Å². The number of aliphatic hydroxyl groups is 1. The van der Waals surface area contributed by atoms with Crippen molar-refractivity contribution in [2.24, 2.45) is 10.9 Å². The Morgan fingerprint density at radius 1 is 1.25 bits per heavy atom. The van der Waals surface area contributed by atoms with E-state index >= 15 is 0 Å². The molecule has 6 nitrogen and oxygen atoms in total. The minimum atomic E-state index is 0.212. The van der Waals surface area contributed by atoms with E-state index in [0.717, 1.165) is 42.3 Å². The van der Waals surface area contributed by atoms with Crippen LogP contribution >= 0.6 is 0 Å². The van der Waals surface area contributed by atoms with Gasteiger partial charge in [0.2, 0.25) is 0 Å². The Labute approximate surface area is 168 Å². The van der Waals surface area contributed by atoms with Crippen molar-refractivity contribution in [3.8, 4) is 0 Å². The fourth-order valence-corrected chi connectivity index (χ4v) is 4.73. The Morgan fingerprint density at radius 2 is 2.11 bits per heavy atom. The lowest BCUT2D eigenvalue weighted by Gasteiger charge is -2.41. The predicted molar refractivity (Wildman–Crippen MR) is 114 cm³/mol. The van der Waals surface area contributed by atoms with Gasteiger partial charge in [-0.2, -0.15) is 0 Å². The van der Waals surface area contributed by atoms with Gasteiger partial charge in [0.25, 0.3) is 0 Å². The van der Waals surface area contributed by atoms with Crippen LogP contribution in [-0.2, 0) is 0 Å². The Balaban J connectivity index is 1.49. The number of nitrogens with zero attached hydrogens (tertiary/aromatic N) is 3. The van der Waals surface area contributed by atoms with Crippen LogP contribution in [0.3, 0.4) is 0 Å². The Hall–Kier alpha value is -1.92. The van der Waals surface area contributed by atoms with E-state index in [0.29, 0.717) is 18.6 Å². The van der Waals surface area contributed by atoms with Gasteiger partial charge in [0.1, 0.15) is 11.7 Å². The number of piperidine rings is 1. The third-order valence-electron chi connectivity index (χ3n) is 6.27. The standard InChI is InChI=1S/C22H33N5O/c1-16-12-19(21-23-9-5-10-24-21)22(25-13-16)27-11-8-20(17(14-27)15-28)26-18-6-3-2-4-7-18/h5,9,12-13,17-18,20,26,28H,2-4,6-8,10-11,14-15H2,1H3,(H,23,24). The maximum atomic E-state index is 10.1. The fraction of sp³-hybridized carbons (Fsp3) is 0.636. The summed E-state index contributed by atoms with van der Waals surface area (Å²) in [5.74, 6) is 2.09. The highest BCUT2D eigenvalue weighted by Gasteiger charge is 2.32. The molecule has 3 aliphatic rings. The molecule has 0 amide bonds. The number of aliphatic imine (C=N–C) groups is 1. The van der Waals surface area contributed by atoms with Gasteiger partial charge in [0.05, 0.1) is 12.1 Å². The third kappa shape index (κ3) is 4.39. The third-order valence-corrected chi connectivity index (χ3v) is 6.27. The van der Waals surface area contributed by atoms with E-state index in [9.17, 15) is 5.11 Å².